The molecule has 1 aliphatic rings. The van der Waals surface area contributed by atoms with E-state index < -0.39 is 5.97 Å². The molecule has 0 aromatic heterocycles. The summed E-state index contributed by atoms with van der Waals surface area (Å²) in [5.41, 5.74) is 0. The highest BCUT2D eigenvalue weighted by Gasteiger charge is 2.27. The molecule has 0 aromatic carbocycles. The fraction of sp³-hybridized carbons (Fsp3) is 0.938. The van der Waals surface area contributed by atoms with Crippen molar-refractivity contribution in [1.82, 2.24) is 10.2 Å². The van der Waals surface area contributed by atoms with E-state index in [-0.39, 0.29) is 5.92 Å². The molecule has 1 rings (SSSR count). The van der Waals surface area contributed by atoms with Gasteiger partial charge in [0.1, 0.15) is 0 Å². The summed E-state index contributed by atoms with van der Waals surface area (Å²) in [7, 11) is 0. The molecular weight excluding hydrogens is 252 g/mol. The Bertz CT molecular complexity index is 280. The molecule has 3 atom stereocenters. The third-order valence-corrected chi connectivity index (χ3v) is 4.55. The van der Waals surface area contributed by atoms with Crippen LogP contribution in [0.25, 0.3) is 0 Å². The Balaban J connectivity index is 2.21. The summed E-state index contributed by atoms with van der Waals surface area (Å²) in [5, 5.41) is 12.7. The van der Waals surface area contributed by atoms with Crippen molar-refractivity contribution in [2.24, 2.45) is 5.92 Å². The molecule has 1 saturated carbocycles. The maximum Gasteiger partial charge on any atom is 0.306 e. The van der Waals surface area contributed by atoms with Gasteiger partial charge in [-0.1, -0.05) is 20.3 Å². The molecule has 20 heavy (non-hydrogen) atoms. The van der Waals surface area contributed by atoms with Crippen LogP contribution in [-0.4, -0.2) is 47.7 Å². The van der Waals surface area contributed by atoms with Gasteiger partial charge in [0.05, 0.1) is 5.92 Å². The molecule has 0 heterocycles. The first kappa shape index (κ1) is 17.4. The Kier molecular flexibility index (Phi) is 8.15. The molecule has 2 N–H and O–H groups in total. The van der Waals surface area contributed by atoms with Crippen LogP contribution in [0, 0.1) is 5.92 Å². The number of carboxylic acids is 1. The van der Waals surface area contributed by atoms with E-state index in [0.29, 0.717) is 12.1 Å². The standard InChI is InChI=1S/C16H32N2O2/c1-4-18(5-2)11-7-8-13(3)17-15-10-6-9-14(12-15)16(19)20/h13-15,17H,4-12H2,1-3H3,(H,19,20). The first-order valence-electron chi connectivity index (χ1n) is 8.28. The first-order chi connectivity index (χ1) is 9.56. The number of hydrogen-bond donors (Lipinski definition) is 2. The van der Waals surface area contributed by atoms with Gasteiger partial charge >= 0.3 is 5.97 Å². The van der Waals surface area contributed by atoms with E-state index >= 15 is 0 Å². The lowest BCUT2D eigenvalue weighted by Crippen LogP contribution is -2.41. The average molecular weight is 284 g/mol. The van der Waals surface area contributed by atoms with Gasteiger partial charge in [0.2, 0.25) is 0 Å². The van der Waals surface area contributed by atoms with Crippen LogP contribution in [0.2, 0.25) is 0 Å². The highest BCUT2D eigenvalue weighted by molar-refractivity contribution is 5.70. The zero-order valence-electron chi connectivity index (χ0n) is 13.4. The van der Waals surface area contributed by atoms with Crippen molar-refractivity contribution in [1.29, 1.82) is 0 Å². The summed E-state index contributed by atoms with van der Waals surface area (Å²) >= 11 is 0. The molecule has 0 spiro atoms. The Morgan fingerprint density at radius 1 is 1.35 bits per heavy atom. The molecule has 0 aromatic rings. The monoisotopic (exact) mass is 284 g/mol. The maximum atomic E-state index is 11.1. The summed E-state index contributed by atoms with van der Waals surface area (Å²) in [4.78, 5) is 13.5. The van der Waals surface area contributed by atoms with Crippen molar-refractivity contribution in [3.63, 3.8) is 0 Å². The van der Waals surface area contributed by atoms with Crippen molar-refractivity contribution in [2.75, 3.05) is 19.6 Å². The van der Waals surface area contributed by atoms with Crippen LogP contribution in [-0.2, 0) is 4.79 Å². The second-order valence-corrected chi connectivity index (χ2v) is 6.14. The Labute approximate surface area is 123 Å². The van der Waals surface area contributed by atoms with Crippen LogP contribution in [0.1, 0.15) is 59.3 Å². The fourth-order valence-electron chi connectivity index (χ4n) is 3.21. The number of carbonyl (C=O) groups is 1. The molecular formula is C16H32N2O2. The van der Waals surface area contributed by atoms with Gasteiger partial charge in [0, 0.05) is 12.1 Å². The van der Waals surface area contributed by atoms with Gasteiger partial charge in [-0.3, -0.25) is 4.79 Å². The summed E-state index contributed by atoms with van der Waals surface area (Å²) in [5.74, 6) is -0.755. The quantitative estimate of drug-likeness (QED) is 0.683. The lowest BCUT2D eigenvalue weighted by molar-refractivity contribution is -0.143. The van der Waals surface area contributed by atoms with Crippen molar-refractivity contribution in [3.05, 3.63) is 0 Å². The summed E-state index contributed by atoms with van der Waals surface area (Å²) < 4.78 is 0. The molecule has 3 unspecified atom stereocenters. The number of nitrogens with one attached hydrogen (secondary N) is 1. The predicted molar refractivity (Wildman–Crippen MR) is 83.0 cm³/mol. The minimum absolute atomic E-state index is 0.135. The zero-order valence-corrected chi connectivity index (χ0v) is 13.4. The van der Waals surface area contributed by atoms with Gasteiger partial charge in [-0.15, -0.1) is 0 Å². The normalized spacial score (nSPS) is 24.8. The SMILES string of the molecule is CCN(CC)CCCC(C)NC1CCCC(C(=O)O)C1. The number of carboxylic acid groups (broad SMARTS) is 1. The lowest BCUT2D eigenvalue weighted by atomic mass is 9.85. The summed E-state index contributed by atoms with van der Waals surface area (Å²) in [6.45, 7) is 10.1. The van der Waals surface area contributed by atoms with Crippen molar-refractivity contribution in [2.45, 2.75) is 71.4 Å². The second-order valence-electron chi connectivity index (χ2n) is 6.14. The van der Waals surface area contributed by atoms with Gasteiger partial charge in [-0.25, -0.2) is 0 Å². The minimum atomic E-state index is -0.620. The van der Waals surface area contributed by atoms with E-state index in [0.717, 1.165) is 38.8 Å². The topological polar surface area (TPSA) is 52.6 Å². The third kappa shape index (κ3) is 6.23. The van der Waals surface area contributed by atoms with E-state index in [1.165, 1.54) is 19.4 Å². The van der Waals surface area contributed by atoms with E-state index in [1.54, 1.807) is 0 Å². The highest BCUT2D eigenvalue weighted by Crippen LogP contribution is 2.25. The van der Waals surface area contributed by atoms with Crippen LogP contribution >= 0.6 is 0 Å². The average Bonchev–Trinajstić information content (AvgIpc) is 2.44. The van der Waals surface area contributed by atoms with Crippen LogP contribution in [0.4, 0.5) is 0 Å². The summed E-state index contributed by atoms with van der Waals surface area (Å²) in [6.07, 6.45) is 6.21. The molecule has 4 heteroatoms. The van der Waals surface area contributed by atoms with Crippen molar-refractivity contribution in [3.8, 4) is 0 Å². The molecule has 0 bridgehead atoms. The molecule has 4 nitrogen and oxygen atoms in total. The molecule has 0 amide bonds. The van der Waals surface area contributed by atoms with Gasteiger partial charge in [0.25, 0.3) is 0 Å². The molecule has 1 aliphatic carbocycles. The second kappa shape index (κ2) is 9.35. The Morgan fingerprint density at radius 2 is 2.05 bits per heavy atom. The lowest BCUT2D eigenvalue weighted by Gasteiger charge is -2.30. The molecule has 0 radical (unpaired) electrons. The van der Waals surface area contributed by atoms with E-state index in [9.17, 15) is 4.79 Å². The van der Waals surface area contributed by atoms with Crippen LogP contribution in [0.5, 0.6) is 0 Å². The number of aliphatic carboxylic acids is 1. The smallest absolute Gasteiger partial charge is 0.306 e. The largest absolute Gasteiger partial charge is 0.481 e. The Morgan fingerprint density at radius 3 is 2.65 bits per heavy atom. The van der Waals surface area contributed by atoms with Crippen molar-refractivity contribution < 1.29 is 9.90 Å². The maximum absolute atomic E-state index is 11.1. The fourth-order valence-corrected chi connectivity index (χ4v) is 3.21. The number of rotatable bonds is 9. The van der Waals surface area contributed by atoms with E-state index in [4.69, 9.17) is 5.11 Å². The molecule has 118 valence electrons. The van der Waals surface area contributed by atoms with Gasteiger partial charge in [-0.05, 0) is 58.7 Å². The molecule has 0 aliphatic heterocycles. The summed E-state index contributed by atoms with van der Waals surface area (Å²) in [6, 6.07) is 0.886. The van der Waals surface area contributed by atoms with E-state index in [2.05, 4.69) is 31.0 Å². The predicted octanol–water partition coefficient (Wildman–Crippen LogP) is 2.73. The van der Waals surface area contributed by atoms with Gasteiger partial charge in [-0.2, -0.15) is 0 Å². The van der Waals surface area contributed by atoms with E-state index in [1.807, 2.05) is 0 Å². The molecule has 1 fully saturated rings. The number of nitrogens with zero attached hydrogens (tertiary/aromatic N) is 1. The van der Waals surface area contributed by atoms with Gasteiger partial charge in [0.15, 0.2) is 0 Å². The first-order valence-corrected chi connectivity index (χ1v) is 8.28. The van der Waals surface area contributed by atoms with Crippen LogP contribution < -0.4 is 5.32 Å². The Hall–Kier alpha value is -0.610. The molecule has 0 saturated heterocycles. The van der Waals surface area contributed by atoms with Crippen LogP contribution in [0.15, 0.2) is 0 Å². The zero-order chi connectivity index (χ0) is 15.0. The van der Waals surface area contributed by atoms with Crippen LogP contribution in [0.3, 0.4) is 0 Å². The number of hydrogen-bond acceptors (Lipinski definition) is 3. The van der Waals surface area contributed by atoms with Gasteiger partial charge < -0.3 is 15.3 Å². The highest BCUT2D eigenvalue weighted by atomic mass is 16.4. The minimum Gasteiger partial charge on any atom is -0.481 e. The van der Waals surface area contributed by atoms with Crippen molar-refractivity contribution >= 4 is 5.97 Å². The third-order valence-electron chi connectivity index (χ3n) is 4.55.